The Labute approximate surface area is 154 Å². The molecule has 140 valence electrons. The van der Waals surface area contributed by atoms with Crippen molar-refractivity contribution in [3.63, 3.8) is 0 Å². The summed E-state index contributed by atoms with van der Waals surface area (Å²) in [6.45, 7) is 3.72. The molecule has 0 bridgehead atoms. The number of benzene rings is 2. The summed E-state index contributed by atoms with van der Waals surface area (Å²) in [5, 5.41) is 0. The second-order valence-electron chi connectivity index (χ2n) is 6.09. The Kier molecular flexibility index (Phi) is 7.61. The van der Waals surface area contributed by atoms with E-state index < -0.39 is 6.48 Å². The molecule has 1 aliphatic rings. The summed E-state index contributed by atoms with van der Waals surface area (Å²) in [5.41, 5.74) is 2.26. The van der Waals surface area contributed by atoms with Gasteiger partial charge in [-0.1, -0.05) is 60.7 Å². The molecule has 0 spiro atoms. The van der Waals surface area contributed by atoms with Crippen molar-refractivity contribution in [2.24, 2.45) is 0 Å². The van der Waals surface area contributed by atoms with Crippen LogP contribution in [0.25, 0.3) is 0 Å². The van der Waals surface area contributed by atoms with Gasteiger partial charge in [0.05, 0.1) is 26.4 Å². The molecular formula is C21H26O5. The quantitative estimate of drug-likeness (QED) is 0.650. The minimum Gasteiger partial charge on any atom is -0.374 e. The molecule has 1 fully saturated rings. The van der Waals surface area contributed by atoms with Gasteiger partial charge in [-0.2, -0.15) is 0 Å². The van der Waals surface area contributed by atoms with Crippen molar-refractivity contribution >= 4 is 0 Å². The highest BCUT2D eigenvalue weighted by atomic mass is 16.9. The van der Waals surface area contributed by atoms with Crippen molar-refractivity contribution < 1.29 is 23.7 Å². The Morgan fingerprint density at radius 3 is 1.62 bits per heavy atom. The van der Waals surface area contributed by atoms with Gasteiger partial charge in [-0.3, -0.25) is 0 Å². The van der Waals surface area contributed by atoms with Crippen molar-refractivity contribution in [3.05, 3.63) is 71.8 Å². The van der Waals surface area contributed by atoms with Gasteiger partial charge in [-0.15, -0.1) is 0 Å². The largest absolute Gasteiger partial charge is 0.374 e. The zero-order chi connectivity index (χ0) is 18.0. The van der Waals surface area contributed by atoms with E-state index in [4.69, 9.17) is 23.7 Å². The predicted octanol–water partition coefficient (Wildman–Crippen LogP) is 3.52. The highest BCUT2D eigenvalue weighted by Gasteiger charge is 2.37. The predicted molar refractivity (Wildman–Crippen MR) is 97.4 cm³/mol. The number of rotatable bonds is 10. The van der Waals surface area contributed by atoms with Gasteiger partial charge in [0.15, 0.2) is 0 Å². The lowest BCUT2D eigenvalue weighted by atomic mass is 10.2. The molecule has 0 aromatic heterocycles. The SMILES string of the molecule is CCOC1OC(COCc2ccccc2)C(COCc2ccccc2)O1. The van der Waals surface area contributed by atoms with Gasteiger partial charge in [-0.25, -0.2) is 0 Å². The molecule has 5 heteroatoms. The topological polar surface area (TPSA) is 46.2 Å². The fourth-order valence-electron chi connectivity index (χ4n) is 2.73. The lowest BCUT2D eigenvalue weighted by Crippen LogP contribution is -2.31. The minimum absolute atomic E-state index is 0.217. The third kappa shape index (κ3) is 5.90. The second-order valence-corrected chi connectivity index (χ2v) is 6.09. The summed E-state index contributed by atoms with van der Waals surface area (Å²) in [6.07, 6.45) is -0.433. The smallest absolute Gasteiger partial charge is 0.272 e. The third-order valence-electron chi connectivity index (χ3n) is 4.08. The lowest BCUT2D eigenvalue weighted by Gasteiger charge is -2.17. The first-order valence-electron chi connectivity index (χ1n) is 9.01. The molecule has 0 aliphatic carbocycles. The summed E-state index contributed by atoms with van der Waals surface area (Å²) in [5.74, 6) is 0. The van der Waals surface area contributed by atoms with E-state index in [9.17, 15) is 0 Å². The Morgan fingerprint density at radius 1 is 0.731 bits per heavy atom. The Morgan fingerprint density at radius 2 is 1.19 bits per heavy atom. The van der Waals surface area contributed by atoms with Crippen molar-refractivity contribution in [3.8, 4) is 0 Å². The molecule has 1 heterocycles. The molecule has 0 radical (unpaired) electrons. The maximum atomic E-state index is 5.81. The van der Waals surface area contributed by atoms with Crippen LogP contribution < -0.4 is 0 Å². The van der Waals surface area contributed by atoms with Crippen LogP contribution in [0, 0.1) is 0 Å². The summed E-state index contributed by atoms with van der Waals surface area (Å²) < 4.78 is 28.7. The van der Waals surface area contributed by atoms with Gasteiger partial charge in [-0.05, 0) is 18.1 Å². The van der Waals surface area contributed by atoms with E-state index in [2.05, 4.69) is 0 Å². The maximum Gasteiger partial charge on any atom is 0.272 e. The summed E-state index contributed by atoms with van der Waals surface area (Å²) in [6, 6.07) is 20.1. The van der Waals surface area contributed by atoms with E-state index >= 15 is 0 Å². The standard InChI is InChI=1S/C21H26O5/c1-2-24-21-25-19(15-22-13-17-9-5-3-6-10-17)20(26-21)16-23-14-18-11-7-4-8-12-18/h3-12,19-21H,2,13-16H2,1H3. The molecule has 0 N–H and O–H groups in total. The number of hydrogen-bond donors (Lipinski definition) is 0. The third-order valence-corrected chi connectivity index (χ3v) is 4.08. The molecular weight excluding hydrogens is 332 g/mol. The summed E-state index contributed by atoms with van der Waals surface area (Å²) in [7, 11) is 0. The normalized spacial score (nSPS) is 22.6. The van der Waals surface area contributed by atoms with Gasteiger partial charge >= 0.3 is 0 Å². The van der Waals surface area contributed by atoms with Crippen LogP contribution in [0.2, 0.25) is 0 Å². The Balaban J connectivity index is 1.46. The molecule has 2 unspecified atom stereocenters. The highest BCUT2D eigenvalue weighted by Crippen LogP contribution is 2.22. The monoisotopic (exact) mass is 358 g/mol. The van der Waals surface area contributed by atoms with Crippen molar-refractivity contribution in [1.82, 2.24) is 0 Å². The van der Waals surface area contributed by atoms with Gasteiger partial charge in [0.1, 0.15) is 12.2 Å². The second kappa shape index (κ2) is 10.4. The number of ether oxygens (including phenoxy) is 5. The van der Waals surface area contributed by atoms with Crippen LogP contribution in [-0.4, -0.2) is 38.5 Å². The minimum atomic E-state index is -0.657. The van der Waals surface area contributed by atoms with Crippen LogP contribution >= 0.6 is 0 Å². The van der Waals surface area contributed by atoms with E-state index in [1.807, 2.05) is 67.6 Å². The van der Waals surface area contributed by atoms with E-state index in [1.54, 1.807) is 0 Å². The van der Waals surface area contributed by atoms with E-state index in [1.165, 1.54) is 0 Å². The van der Waals surface area contributed by atoms with Crippen molar-refractivity contribution in [2.75, 3.05) is 19.8 Å². The molecule has 2 atom stereocenters. The molecule has 0 amide bonds. The Bertz CT molecular complexity index is 565. The molecule has 2 aromatic rings. The van der Waals surface area contributed by atoms with Crippen molar-refractivity contribution in [1.29, 1.82) is 0 Å². The van der Waals surface area contributed by atoms with E-state index in [0.29, 0.717) is 33.0 Å². The highest BCUT2D eigenvalue weighted by molar-refractivity contribution is 5.14. The van der Waals surface area contributed by atoms with Crippen LogP contribution in [0.4, 0.5) is 0 Å². The van der Waals surface area contributed by atoms with Crippen LogP contribution in [0.3, 0.4) is 0 Å². The first kappa shape index (κ1) is 19.0. The van der Waals surface area contributed by atoms with Crippen LogP contribution in [0.1, 0.15) is 18.1 Å². The van der Waals surface area contributed by atoms with Gasteiger partial charge in [0.25, 0.3) is 6.48 Å². The van der Waals surface area contributed by atoms with Gasteiger partial charge in [0, 0.05) is 6.61 Å². The molecule has 0 saturated carbocycles. The fourth-order valence-corrected chi connectivity index (χ4v) is 2.73. The van der Waals surface area contributed by atoms with Gasteiger partial charge in [0.2, 0.25) is 0 Å². The van der Waals surface area contributed by atoms with E-state index in [-0.39, 0.29) is 12.2 Å². The molecule has 1 saturated heterocycles. The fraction of sp³-hybridized carbons (Fsp3) is 0.429. The zero-order valence-corrected chi connectivity index (χ0v) is 15.1. The summed E-state index contributed by atoms with van der Waals surface area (Å²) in [4.78, 5) is 0. The lowest BCUT2D eigenvalue weighted by molar-refractivity contribution is -0.243. The Hall–Kier alpha value is -1.76. The first-order valence-corrected chi connectivity index (χ1v) is 9.01. The van der Waals surface area contributed by atoms with Crippen LogP contribution in [0.5, 0.6) is 0 Å². The number of hydrogen-bond acceptors (Lipinski definition) is 5. The van der Waals surface area contributed by atoms with E-state index in [0.717, 1.165) is 11.1 Å². The molecule has 5 nitrogen and oxygen atoms in total. The first-order chi connectivity index (χ1) is 12.8. The molecule has 1 aliphatic heterocycles. The molecule has 26 heavy (non-hydrogen) atoms. The summed E-state index contributed by atoms with van der Waals surface area (Å²) >= 11 is 0. The van der Waals surface area contributed by atoms with Gasteiger partial charge < -0.3 is 23.7 Å². The van der Waals surface area contributed by atoms with Crippen LogP contribution in [-0.2, 0) is 36.9 Å². The molecule has 3 rings (SSSR count). The molecule has 2 aromatic carbocycles. The van der Waals surface area contributed by atoms with Crippen LogP contribution in [0.15, 0.2) is 60.7 Å². The zero-order valence-electron chi connectivity index (χ0n) is 15.1. The average Bonchev–Trinajstić information content (AvgIpc) is 3.05. The maximum absolute atomic E-state index is 5.81. The van der Waals surface area contributed by atoms with Crippen molar-refractivity contribution in [2.45, 2.75) is 38.8 Å². The average molecular weight is 358 g/mol.